The molecule has 1 N–H and O–H groups in total. The number of nitro groups is 1. The lowest BCUT2D eigenvalue weighted by Gasteiger charge is -2.19. The van der Waals surface area contributed by atoms with E-state index in [0.717, 1.165) is 0 Å². The molecule has 0 unspecified atom stereocenters. The molecule has 2 aromatic rings. The molecular weight excluding hydrogens is 348 g/mol. The van der Waals surface area contributed by atoms with E-state index in [1.807, 2.05) is 0 Å². The van der Waals surface area contributed by atoms with Crippen molar-refractivity contribution in [3.8, 4) is 5.75 Å². The Hall–Kier alpha value is -2.90. The molecule has 25 heavy (non-hydrogen) atoms. The minimum absolute atomic E-state index is 0.0512. The van der Waals surface area contributed by atoms with Gasteiger partial charge in [-0.15, -0.1) is 0 Å². The predicted octanol–water partition coefficient (Wildman–Crippen LogP) is 3.61. The van der Waals surface area contributed by atoms with E-state index in [1.54, 1.807) is 24.3 Å². The molecule has 0 saturated carbocycles. The van der Waals surface area contributed by atoms with Gasteiger partial charge in [0.25, 0.3) is 11.6 Å². The Labute approximate surface area is 147 Å². The fraction of sp³-hybridized carbons (Fsp3) is 0.118. The zero-order valence-corrected chi connectivity index (χ0v) is 13.5. The van der Waals surface area contributed by atoms with Crippen molar-refractivity contribution in [3.05, 3.63) is 62.2 Å². The number of carbonyl (C=O) groups is 1. The van der Waals surface area contributed by atoms with E-state index in [1.165, 1.54) is 12.1 Å². The lowest BCUT2D eigenvalue weighted by atomic mass is 10.0. The van der Waals surface area contributed by atoms with Gasteiger partial charge < -0.3 is 14.8 Å². The van der Waals surface area contributed by atoms with Gasteiger partial charge in [-0.3, -0.25) is 14.9 Å². The molecule has 8 heteroatoms. The Balaban J connectivity index is 1.90. The summed E-state index contributed by atoms with van der Waals surface area (Å²) in [6.07, 6.45) is 1.58. The van der Waals surface area contributed by atoms with Crippen LogP contribution in [0.5, 0.6) is 5.75 Å². The van der Waals surface area contributed by atoms with Crippen LogP contribution in [0, 0.1) is 10.1 Å². The molecule has 0 fully saturated rings. The second kappa shape index (κ2) is 5.87. The summed E-state index contributed by atoms with van der Waals surface area (Å²) in [5.41, 5.74) is 2.58. The maximum Gasteiger partial charge on any atom is 0.270 e. The Morgan fingerprint density at radius 3 is 2.92 bits per heavy atom. The summed E-state index contributed by atoms with van der Waals surface area (Å²) in [5, 5.41) is 14.4. The Morgan fingerprint density at radius 2 is 2.12 bits per heavy atom. The van der Waals surface area contributed by atoms with Crippen LogP contribution in [0.1, 0.15) is 16.7 Å². The highest BCUT2D eigenvalue weighted by Gasteiger charge is 2.26. The highest BCUT2D eigenvalue weighted by Crippen LogP contribution is 2.39. The van der Waals surface area contributed by atoms with Gasteiger partial charge in [0, 0.05) is 45.1 Å². The largest absolute Gasteiger partial charge is 0.467 e. The van der Waals surface area contributed by atoms with Gasteiger partial charge >= 0.3 is 0 Å². The van der Waals surface area contributed by atoms with Gasteiger partial charge in [-0.05, 0) is 24.3 Å². The quantitative estimate of drug-likeness (QED) is 0.503. The monoisotopic (exact) mass is 358 g/mol. The van der Waals surface area contributed by atoms with Gasteiger partial charge in [0.05, 0.1) is 11.5 Å². The van der Waals surface area contributed by atoms with Crippen molar-refractivity contribution in [1.82, 2.24) is 0 Å². The van der Waals surface area contributed by atoms with Crippen LogP contribution in [-0.2, 0) is 16.1 Å². The summed E-state index contributed by atoms with van der Waals surface area (Å²) in [6.45, 7) is 0.261. The number of non-ortho nitro benzene ring substituents is 1. The molecule has 2 aromatic carbocycles. The van der Waals surface area contributed by atoms with Crippen molar-refractivity contribution in [3.63, 3.8) is 0 Å². The highest BCUT2D eigenvalue weighted by molar-refractivity contribution is 6.36. The molecule has 0 bridgehead atoms. The normalized spacial score (nSPS) is 16.8. The Kier molecular flexibility index (Phi) is 3.67. The first-order chi connectivity index (χ1) is 12.0. The second-order valence-corrected chi connectivity index (χ2v) is 6.03. The molecule has 0 atom stereocenters. The molecule has 1 amide bonds. The first-order valence-electron chi connectivity index (χ1n) is 7.38. The van der Waals surface area contributed by atoms with Crippen LogP contribution < -0.4 is 10.1 Å². The Bertz CT molecular complexity index is 954. The van der Waals surface area contributed by atoms with Gasteiger partial charge in [-0.1, -0.05) is 11.6 Å². The molecule has 0 aromatic heterocycles. The molecule has 126 valence electrons. The summed E-state index contributed by atoms with van der Waals surface area (Å²) < 4.78 is 10.7. The SMILES string of the molecule is O=C1Nc2ccc(Cl)cc2C1=Cc1cc([N+](=O)[O-])cc2c1OCOC2. The number of nitrogens with zero attached hydrogens (tertiary/aromatic N) is 1. The number of amides is 1. The average molecular weight is 359 g/mol. The molecule has 0 saturated heterocycles. The third-order valence-electron chi connectivity index (χ3n) is 4.00. The van der Waals surface area contributed by atoms with Crippen LogP contribution in [-0.4, -0.2) is 17.6 Å². The topological polar surface area (TPSA) is 90.7 Å². The number of nitro benzene ring substituents is 1. The number of fused-ring (bicyclic) bond motifs is 2. The first-order valence-corrected chi connectivity index (χ1v) is 7.75. The van der Waals surface area contributed by atoms with Gasteiger partial charge in [0.15, 0.2) is 6.79 Å². The minimum atomic E-state index is -0.490. The fourth-order valence-corrected chi connectivity index (χ4v) is 3.08. The molecule has 2 aliphatic heterocycles. The Morgan fingerprint density at radius 1 is 1.28 bits per heavy atom. The van der Waals surface area contributed by atoms with Crippen molar-refractivity contribution in [2.24, 2.45) is 0 Å². The zero-order valence-electron chi connectivity index (χ0n) is 12.7. The number of hydrogen-bond acceptors (Lipinski definition) is 5. The molecule has 0 aliphatic carbocycles. The van der Waals surface area contributed by atoms with Gasteiger partial charge in [-0.25, -0.2) is 0 Å². The van der Waals surface area contributed by atoms with Crippen molar-refractivity contribution in [2.45, 2.75) is 6.61 Å². The molecular formula is C17H11ClN2O5. The van der Waals surface area contributed by atoms with Crippen molar-refractivity contribution in [2.75, 3.05) is 12.1 Å². The zero-order chi connectivity index (χ0) is 17.6. The highest BCUT2D eigenvalue weighted by atomic mass is 35.5. The second-order valence-electron chi connectivity index (χ2n) is 5.59. The maximum atomic E-state index is 12.3. The van der Waals surface area contributed by atoms with Crippen molar-refractivity contribution < 1.29 is 19.2 Å². The fourth-order valence-electron chi connectivity index (χ4n) is 2.90. The van der Waals surface area contributed by atoms with Crippen LogP contribution in [0.2, 0.25) is 5.02 Å². The molecule has 0 spiro atoms. The van der Waals surface area contributed by atoms with E-state index in [9.17, 15) is 14.9 Å². The number of hydrogen-bond donors (Lipinski definition) is 1. The summed E-state index contributed by atoms with van der Waals surface area (Å²) in [7, 11) is 0. The number of anilines is 1. The van der Waals surface area contributed by atoms with E-state index < -0.39 is 4.92 Å². The van der Waals surface area contributed by atoms with Gasteiger partial charge in [0.1, 0.15) is 5.75 Å². The smallest absolute Gasteiger partial charge is 0.270 e. The number of halogens is 1. The number of nitrogens with one attached hydrogen (secondary N) is 1. The van der Waals surface area contributed by atoms with Crippen LogP contribution >= 0.6 is 11.6 Å². The summed E-state index contributed by atoms with van der Waals surface area (Å²) >= 11 is 6.02. The van der Waals surface area contributed by atoms with Crippen LogP contribution in [0.15, 0.2) is 30.3 Å². The first kappa shape index (κ1) is 15.6. The van der Waals surface area contributed by atoms with E-state index in [-0.39, 0.29) is 25.0 Å². The number of benzene rings is 2. The maximum absolute atomic E-state index is 12.3. The van der Waals surface area contributed by atoms with E-state index in [2.05, 4.69) is 5.32 Å². The third-order valence-corrected chi connectivity index (χ3v) is 4.23. The number of rotatable bonds is 2. The molecule has 7 nitrogen and oxygen atoms in total. The number of ether oxygens (including phenoxy) is 2. The van der Waals surface area contributed by atoms with E-state index >= 15 is 0 Å². The van der Waals surface area contributed by atoms with E-state index in [4.69, 9.17) is 21.1 Å². The summed E-state index contributed by atoms with van der Waals surface area (Å²) in [4.78, 5) is 23.0. The van der Waals surface area contributed by atoms with Crippen LogP contribution in [0.3, 0.4) is 0 Å². The number of carbonyl (C=O) groups excluding carboxylic acids is 1. The molecule has 2 heterocycles. The summed E-state index contributed by atoms with van der Waals surface area (Å²) in [5.74, 6) is 0.178. The molecule has 2 aliphatic rings. The molecule has 0 radical (unpaired) electrons. The standard InChI is InChI=1S/C17H11ClN2O5/c18-11-1-2-15-13(6-11)14(17(21)19-15)5-9-3-12(20(22)23)4-10-7-24-8-25-16(9)10/h1-6H,7-8H2,(H,19,21). The lowest BCUT2D eigenvalue weighted by Crippen LogP contribution is -2.13. The average Bonchev–Trinajstić information content (AvgIpc) is 2.90. The van der Waals surface area contributed by atoms with Crippen molar-refractivity contribution in [1.29, 1.82) is 0 Å². The van der Waals surface area contributed by atoms with Crippen molar-refractivity contribution >= 4 is 40.5 Å². The lowest BCUT2D eigenvalue weighted by molar-refractivity contribution is -0.385. The van der Waals surface area contributed by atoms with Crippen LogP contribution in [0.4, 0.5) is 11.4 Å². The predicted molar refractivity (Wildman–Crippen MR) is 91.3 cm³/mol. The minimum Gasteiger partial charge on any atom is -0.467 e. The van der Waals surface area contributed by atoms with E-state index in [0.29, 0.717) is 38.7 Å². The molecule has 4 rings (SSSR count). The van der Waals surface area contributed by atoms with Crippen LogP contribution in [0.25, 0.3) is 11.6 Å². The summed E-state index contributed by atoms with van der Waals surface area (Å²) in [6, 6.07) is 7.86. The van der Waals surface area contributed by atoms with Gasteiger partial charge in [0.2, 0.25) is 0 Å². The van der Waals surface area contributed by atoms with Gasteiger partial charge in [-0.2, -0.15) is 0 Å². The third kappa shape index (κ3) is 2.73.